The Bertz CT molecular complexity index is 1080. The van der Waals surface area contributed by atoms with Gasteiger partial charge in [0.05, 0.1) is 5.69 Å². The normalized spacial score (nSPS) is 17.4. The summed E-state index contributed by atoms with van der Waals surface area (Å²) in [6.45, 7) is 12.6. The number of para-hydroxylation sites is 1. The third kappa shape index (κ3) is 4.72. The number of nitrogens with zero attached hydrogens (tertiary/aromatic N) is 2. The highest BCUT2D eigenvalue weighted by atomic mass is 16.5. The minimum Gasteiger partial charge on any atom is -0.457 e. The number of aliphatic imine (C=N–C) groups is 1. The van der Waals surface area contributed by atoms with Crippen molar-refractivity contribution in [2.45, 2.75) is 58.9 Å². The Morgan fingerprint density at radius 1 is 1.03 bits per heavy atom. The summed E-state index contributed by atoms with van der Waals surface area (Å²) in [5.41, 5.74) is 6.40. The lowest BCUT2D eigenvalue weighted by Crippen LogP contribution is -2.48. The van der Waals surface area contributed by atoms with Crippen molar-refractivity contribution in [3.05, 3.63) is 83.4 Å². The largest absolute Gasteiger partial charge is 0.457 e. The third-order valence-electron chi connectivity index (χ3n) is 6.39. The van der Waals surface area contributed by atoms with Crippen LogP contribution in [0, 0.1) is 6.92 Å². The van der Waals surface area contributed by atoms with E-state index in [1.807, 2.05) is 60.8 Å². The number of hydrogen-bond donors (Lipinski definition) is 0. The van der Waals surface area contributed by atoms with Gasteiger partial charge in [0.2, 0.25) is 0 Å². The van der Waals surface area contributed by atoms with E-state index in [9.17, 15) is 0 Å². The number of benzene rings is 3. The average molecular weight is 427 g/mol. The van der Waals surface area contributed by atoms with Gasteiger partial charge in [-0.1, -0.05) is 32.0 Å². The van der Waals surface area contributed by atoms with Crippen LogP contribution in [0.15, 0.2) is 71.7 Å². The smallest absolute Gasteiger partial charge is 0.127 e. The molecule has 166 valence electrons. The van der Waals surface area contributed by atoms with Gasteiger partial charge in [-0.05, 0) is 105 Å². The van der Waals surface area contributed by atoms with Gasteiger partial charge in [-0.3, -0.25) is 4.99 Å². The van der Waals surface area contributed by atoms with Crippen molar-refractivity contribution in [3.8, 4) is 11.5 Å². The van der Waals surface area contributed by atoms with E-state index in [1.165, 1.54) is 28.8 Å². The van der Waals surface area contributed by atoms with Crippen LogP contribution in [-0.2, 0) is 0 Å². The lowest BCUT2D eigenvalue weighted by Gasteiger charge is -2.48. The molecule has 0 spiro atoms. The first-order valence-electron chi connectivity index (χ1n) is 11.7. The summed E-state index contributed by atoms with van der Waals surface area (Å²) in [6, 6.07) is 22.5. The van der Waals surface area contributed by atoms with Crippen LogP contribution in [-0.4, -0.2) is 18.3 Å². The van der Waals surface area contributed by atoms with E-state index >= 15 is 0 Å². The highest BCUT2D eigenvalue weighted by Gasteiger charge is 2.36. The van der Waals surface area contributed by atoms with Crippen molar-refractivity contribution in [1.29, 1.82) is 0 Å². The molecule has 0 aliphatic carbocycles. The minimum absolute atomic E-state index is 0.189. The molecule has 3 aromatic rings. The minimum atomic E-state index is 0.189. The van der Waals surface area contributed by atoms with Gasteiger partial charge in [-0.15, -0.1) is 0 Å². The fraction of sp³-hybridized carbons (Fsp3) is 0.345. The molecule has 3 heteroatoms. The fourth-order valence-electron chi connectivity index (χ4n) is 4.81. The fourth-order valence-corrected chi connectivity index (χ4v) is 4.81. The summed E-state index contributed by atoms with van der Waals surface area (Å²) in [5.74, 6) is 2.19. The Kier molecular flexibility index (Phi) is 6.36. The summed E-state index contributed by atoms with van der Waals surface area (Å²) in [5, 5.41) is 0. The van der Waals surface area contributed by atoms with Crippen LogP contribution in [0.5, 0.6) is 11.5 Å². The van der Waals surface area contributed by atoms with Crippen LogP contribution >= 0.6 is 0 Å². The molecule has 0 saturated carbocycles. The molecule has 4 rings (SSSR count). The lowest BCUT2D eigenvalue weighted by atomic mass is 9.79. The van der Waals surface area contributed by atoms with Crippen LogP contribution in [0.1, 0.15) is 63.1 Å². The van der Waals surface area contributed by atoms with Gasteiger partial charge in [0.25, 0.3) is 0 Å². The van der Waals surface area contributed by atoms with Gasteiger partial charge < -0.3 is 9.64 Å². The van der Waals surface area contributed by atoms with E-state index in [-0.39, 0.29) is 5.54 Å². The second-order valence-electron chi connectivity index (χ2n) is 9.50. The second kappa shape index (κ2) is 9.20. The lowest BCUT2D eigenvalue weighted by molar-refractivity contribution is 0.376. The van der Waals surface area contributed by atoms with E-state index in [4.69, 9.17) is 9.73 Å². The number of aryl methyl sites for hydroxylation is 1. The number of rotatable bonds is 6. The topological polar surface area (TPSA) is 24.8 Å². The highest BCUT2D eigenvalue weighted by molar-refractivity contribution is 5.86. The van der Waals surface area contributed by atoms with Gasteiger partial charge >= 0.3 is 0 Å². The molecule has 0 aromatic heterocycles. The molecule has 0 bridgehead atoms. The van der Waals surface area contributed by atoms with E-state index in [0.29, 0.717) is 5.92 Å². The van der Waals surface area contributed by atoms with Gasteiger partial charge in [-0.2, -0.15) is 0 Å². The van der Waals surface area contributed by atoms with E-state index in [2.05, 4.69) is 51.7 Å². The Balaban J connectivity index is 1.55. The summed E-state index contributed by atoms with van der Waals surface area (Å²) in [4.78, 5) is 7.35. The molecule has 32 heavy (non-hydrogen) atoms. The predicted molar refractivity (Wildman–Crippen MR) is 136 cm³/mol. The van der Waals surface area contributed by atoms with Crippen LogP contribution in [0.2, 0.25) is 0 Å². The molecule has 0 fully saturated rings. The summed E-state index contributed by atoms with van der Waals surface area (Å²) in [6.07, 6.45) is 4.32. The molecule has 3 nitrogen and oxygen atoms in total. The molecule has 1 atom stereocenters. The first-order chi connectivity index (χ1) is 15.4. The molecule has 0 saturated heterocycles. The Morgan fingerprint density at radius 3 is 2.41 bits per heavy atom. The standard InChI is InChI=1S/C29H34N2O/c1-6-16-31-28-17-21(2)23(18-27(28)22(3)19-29(31,4)5)20-30-24-12-14-26(15-13-24)32-25-10-8-7-9-11-25/h7-15,17-18,20,22H,6,16,19H2,1-5H3. The summed E-state index contributed by atoms with van der Waals surface area (Å²) < 4.78 is 5.88. The Labute approximate surface area is 192 Å². The van der Waals surface area contributed by atoms with Gasteiger partial charge in [-0.25, -0.2) is 0 Å². The van der Waals surface area contributed by atoms with E-state index < -0.39 is 0 Å². The number of ether oxygens (including phenoxy) is 1. The zero-order chi connectivity index (χ0) is 22.7. The molecule has 0 radical (unpaired) electrons. The van der Waals surface area contributed by atoms with Crippen molar-refractivity contribution < 1.29 is 4.74 Å². The predicted octanol–water partition coefficient (Wildman–Crippen LogP) is 8.04. The molecule has 1 unspecified atom stereocenters. The quantitative estimate of drug-likeness (QED) is 0.373. The Hall–Kier alpha value is -3.07. The van der Waals surface area contributed by atoms with Crippen LogP contribution < -0.4 is 9.64 Å². The molecular weight excluding hydrogens is 392 g/mol. The molecule has 0 N–H and O–H groups in total. The maximum atomic E-state index is 5.88. The van der Waals surface area contributed by atoms with Gasteiger partial charge in [0.1, 0.15) is 11.5 Å². The van der Waals surface area contributed by atoms with Gasteiger partial charge in [0, 0.05) is 24.0 Å². The number of fused-ring (bicyclic) bond motifs is 1. The van der Waals surface area contributed by atoms with E-state index in [1.54, 1.807) is 0 Å². The zero-order valence-corrected chi connectivity index (χ0v) is 19.9. The van der Waals surface area contributed by atoms with Crippen LogP contribution in [0.3, 0.4) is 0 Å². The molecule has 3 aromatic carbocycles. The molecule has 1 aliphatic rings. The second-order valence-corrected chi connectivity index (χ2v) is 9.50. The van der Waals surface area contributed by atoms with E-state index in [0.717, 1.165) is 30.2 Å². The van der Waals surface area contributed by atoms with Crippen LogP contribution in [0.25, 0.3) is 0 Å². The third-order valence-corrected chi connectivity index (χ3v) is 6.39. The maximum absolute atomic E-state index is 5.88. The number of hydrogen-bond acceptors (Lipinski definition) is 3. The van der Waals surface area contributed by atoms with Crippen LogP contribution in [0.4, 0.5) is 11.4 Å². The van der Waals surface area contributed by atoms with Crippen molar-refractivity contribution in [1.82, 2.24) is 0 Å². The molecule has 1 heterocycles. The van der Waals surface area contributed by atoms with Crippen molar-refractivity contribution in [2.75, 3.05) is 11.4 Å². The van der Waals surface area contributed by atoms with Crippen molar-refractivity contribution in [3.63, 3.8) is 0 Å². The molecule has 1 aliphatic heterocycles. The Morgan fingerprint density at radius 2 is 1.72 bits per heavy atom. The SMILES string of the molecule is CCCN1c2cc(C)c(C=Nc3ccc(Oc4ccccc4)cc3)cc2C(C)CC1(C)C. The van der Waals surface area contributed by atoms with Crippen molar-refractivity contribution in [2.24, 2.45) is 4.99 Å². The first kappa shape index (κ1) is 22.1. The van der Waals surface area contributed by atoms with Crippen molar-refractivity contribution >= 4 is 17.6 Å². The van der Waals surface area contributed by atoms with Gasteiger partial charge in [0.15, 0.2) is 0 Å². The maximum Gasteiger partial charge on any atom is 0.127 e. The average Bonchev–Trinajstić information content (AvgIpc) is 2.77. The molecular formula is C29H34N2O. The highest BCUT2D eigenvalue weighted by Crippen LogP contribution is 2.44. The molecule has 0 amide bonds. The first-order valence-corrected chi connectivity index (χ1v) is 11.7. The zero-order valence-electron chi connectivity index (χ0n) is 19.9. The monoisotopic (exact) mass is 426 g/mol. The number of anilines is 1. The summed E-state index contributed by atoms with van der Waals surface area (Å²) in [7, 11) is 0. The summed E-state index contributed by atoms with van der Waals surface area (Å²) >= 11 is 0.